The maximum atomic E-state index is 3.21. The third-order valence-electron chi connectivity index (χ3n) is 3.84. The third kappa shape index (κ3) is 5.31. The molecule has 16 heavy (non-hydrogen) atoms. The van der Waals surface area contributed by atoms with E-state index in [0.717, 1.165) is 6.04 Å². The molecular formula is C14H30N2. The molecule has 0 aromatic rings. The van der Waals surface area contributed by atoms with E-state index in [4.69, 9.17) is 0 Å². The average Bonchev–Trinajstić information content (AvgIpc) is 2.34. The second kappa shape index (κ2) is 9.00. The lowest BCUT2D eigenvalue weighted by atomic mass is 9.99. The van der Waals surface area contributed by atoms with Crippen molar-refractivity contribution in [1.82, 2.24) is 10.2 Å². The molecule has 0 aliphatic carbocycles. The van der Waals surface area contributed by atoms with Crippen LogP contribution in [0.2, 0.25) is 0 Å². The Kier molecular flexibility index (Phi) is 7.87. The van der Waals surface area contributed by atoms with Crippen molar-refractivity contribution in [3.05, 3.63) is 0 Å². The molecule has 0 spiro atoms. The highest BCUT2D eigenvalue weighted by Gasteiger charge is 2.19. The molecule has 2 nitrogen and oxygen atoms in total. The van der Waals surface area contributed by atoms with Crippen LogP contribution in [0.5, 0.6) is 0 Å². The molecule has 0 bridgehead atoms. The van der Waals surface area contributed by atoms with Crippen LogP contribution < -0.4 is 5.32 Å². The van der Waals surface area contributed by atoms with Crippen LogP contribution in [-0.4, -0.2) is 37.6 Å². The predicted octanol–water partition coefficient (Wildman–Crippen LogP) is 3.03. The molecule has 1 rings (SSSR count). The number of nitrogens with zero attached hydrogens (tertiary/aromatic N) is 1. The van der Waals surface area contributed by atoms with Gasteiger partial charge in [-0.05, 0) is 58.8 Å². The highest BCUT2D eigenvalue weighted by Crippen LogP contribution is 2.19. The molecule has 1 saturated heterocycles. The molecule has 1 unspecified atom stereocenters. The topological polar surface area (TPSA) is 15.3 Å². The summed E-state index contributed by atoms with van der Waals surface area (Å²) in [6.45, 7) is 6.23. The Morgan fingerprint density at radius 2 is 1.94 bits per heavy atom. The number of piperidine rings is 1. The fourth-order valence-electron chi connectivity index (χ4n) is 2.79. The zero-order valence-corrected chi connectivity index (χ0v) is 11.3. The van der Waals surface area contributed by atoms with Crippen molar-refractivity contribution in [3.8, 4) is 0 Å². The monoisotopic (exact) mass is 226 g/mol. The van der Waals surface area contributed by atoms with E-state index in [2.05, 4.69) is 17.1 Å². The van der Waals surface area contributed by atoms with Crippen LogP contribution in [-0.2, 0) is 0 Å². The summed E-state index contributed by atoms with van der Waals surface area (Å²) in [7, 11) is 2.04. The first-order valence-corrected chi connectivity index (χ1v) is 7.27. The van der Waals surface area contributed by atoms with Crippen molar-refractivity contribution in [3.63, 3.8) is 0 Å². The number of hydrogen-bond donors (Lipinski definition) is 1. The SMILES string of the molecule is CCC1CCCCN1CCCCCCNC. The second-order valence-electron chi connectivity index (χ2n) is 5.11. The fourth-order valence-corrected chi connectivity index (χ4v) is 2.79. The first kappa shape index (κ1) is 14.0. The zero-order valence-electron chi connectivity index (χ0n) is 11.3. The summed E-state index contributed by atoms with van der Waals surface area (Å²) in [6.07, 6.45) is 11.2. The molecule has 96 valence electrons. The van der Waals surface area contributed by atoms with E-state index < -0.39 is 0 Å². The smallest absolute Gasteiger partial charge is 0.00926 e. The summed E-state index contributed by atoms with van der Waals surface area (Å²) in [4.78, 5) is 2.74. The van der Waals surface area contributed by atoms with Gasteiger partial charge in [-0.1, -0.05) is 26.2 Å². The molecule has 0 radical (unpaired) electrons. The molecule has 0 aromatic heterocycles. The van der Waals surface area contributed by atoms with Crippen LogP contribution in [0.25, 0.3) is 0 Å². The van der Waals surface area contributed by atoms with Crippen LogP contribution in [0.3, 0.4) is 0 Å². The minimum absolute atomic E-state index is 0.894. The van der Waals surface area contributed by atoms with Gasteiger partial charge in [0.2, 0.25) is 0 Å². The van der Waals surface area contributed by atoms with Gasteiger partial charge in [0.15, 0.2) is 0 Å². The van der Waals surface area contributed by atoms with Crippen molar-refractivity contribution >= 4 is 0 Å². The van der Waals surface area contributed by atoms with Crippen molar-refractivity contribution < 1.29 is 0 Å². The lowest BCUT2D eigenvalue weighted by Gasteiger charge is -2.35. The van der Waals surface area contributed by atoms with Crippen molar-refractivity contribution in [2.24, 2.45) is 0 Å². The summed E-state index contributed by atoms with van der Waals surface area (Å²) < 4.78 is 0. The second-order valence-corrected chi connectivity index (χ2v) is 5.11. The molecule has 1 heterocycles. The number of hydrogen-bond acceptors (Lipinski definition) is 2. The molecule has 0 aromatic carbocycles. The molecule has 0 amide bonds. The van der Waals surface area contributed by atoms with Gasteiger partial charge in [0.05, 0.1) is 0 Å². The minimum atomic E-state index is 0.894. The maximum Gasteiger partial charge on any atom is 0.00926 e. The minimum Gasteiger partial charge on any atom is -0.320 e. The first-order chi connectivity index (χ1) is 7.88. The number of likely N-dealkylation sites (tertiary alicyclic amines) is 1. The quantitative estimate of drug-likeness (QED) is 0.640. The molecule has 1 atom stereocenters. The highest BCUT2D eigenvalue weighted by molar-refractivity contribution is 4.75. The number of rotatable bonds is 8. The molecule has 0 saturated carbocycles. The Morgan fingerprint density at radius 3 is 2.69 bits per heavy atom. The Morgan fingerprint density at radius 1 is 1.12 bits per heavy atom. The van der Waals surface area contributed by atoms with Gasteiger partial charge in [-0.2, -0.15) is 0 Å². The summed E-state index contributed by atoms with van der Waals surface area (Å²) in [5.74, 6) is 0. The van der Waals surface area contributed by atoms with E-state index >= 15 is 0 Å². The summed E-state index contributed by atoms with van der Waals surface area (Å²) in [5, 5.41) is 3.21. The summed E-state index contributed by atoms with van der Waals surface area (Å²) >= 11 is 0. The van der Waals surface area contributed by atoms with E-state index in [1.807, 2.05) is 7.05 Å². The van der Waals surface area contributed by atoms with Crippen molar-refractivity contribution in [1.29, 1.82) is 0 Å². The Bertz CT molecular complexity index is 159. The third-order valence-corrected chi connectivity index (χ3v) is 3.84. The van der Waals surface area contributed by atoms with Gasteiger partial charge in [-0.25, -0.2) is 0 Å². The molecule has 2 heteroatoms. The van der Waals surface area contributed by atoms with Gasteiger partial charge in [0.1, 0.15) is 0 Å². The normalized spacial score (nSPS) is 22.5. The Hall–Kier alpha value is -0.0800. The van der Waals surface area contributed by atoms with E-state index in [9.17, 15) is 0 Å². The highest BCUT2D eigenvalue weighted by atomic mass is 15.2. The van der Waals surface area contributed by atoms with E-state index in [-0.39, 0.29) is 0 Å². The van der Waals surface area contributed by atoms with Gasteiger partial charge in [0, 0.05) is 6.04 Å². The number of nitrogens with one attached hydrogen (secondary N) is 1. The lowest BCUT2D eigenvalue weighted by Crippen LogP contribution is -2.39. The fraction of sp³-hybridized carbons (Fsp3) is 1.00. The Balaban J connectivity index is 2.02. The van der Waals surface area contributed by atoms with Crippen molar-refractivity contribution in [2.75, 3.05) is 26.7 Å². The summed E-state index contributed by atoms with van der Waals surface area (Å²) in [5.41, 5.74) is 0. The van der Waals surface area contributed by atoms with Gasteiger partial charge < -0.3 is 10.2 Å². The van der Waals surface area contributed by atoms with Crippen molar-refractivity contribution in [2.45, 2.75) is 64.3 Å². The van der Waals surface area contributed by atoms with Gasteiger partial charge >= 0.3 is 0 Å². The average molecular weight is 226 g/mol. The van der Waals surface area contributed by atoms with Crippen LogP contribution in [0, 0.1) is 0 Å². The van der Waals surface area contributed by atoms with Gasteiger partial charge in [0.25, 0.3) is 0 Å². The summed E-state index contributed by atoms with van der Waals surface area (Å²) in [6, 6.07) is 0.894. The maximum absolute atomic E-state index is 3.21. The molecule has 1 fully saturated rings. The van der Waals surface area contributed by atoms with Gasteiger partial charge in [-0.3, -0.25) is 0 Å². The Labute approximate surface area is 102 Å². The van der Waals surface area contributed by atoms with Crippen LogP contribution >= 0.6 is 0 Å². The molecule has 1 aliphatic rings. The van der Waals surface area contributed by atoms with E-state index in [1.54, 1.807) is 0 Å². The molecule has 1 N–H and O–H groups in total. The van der Waals surface area contributed by atoms with Crippen LogP contribution in [0.4, 0.5) is 0 Å². The van der Waals surface area contributed by atoms with Crippen LogP contribution in [0.15, 0.2) is 0 Å². The molecule has 1 aliphatic heterocycles. The standard InChI is InChI=1S/C14H30N2/c1-3-14-10-6-9-13-16(14)12-8-5-4-7-11-15-2/h14-15H,3-13H2,1-2H3. The lowest BCUT2D eigenvalue weighted by molar-refractivity contribution is 0.141. The van der Waals surface area contributed by atoms with Gasteiger partial charge in [-0.15, -0.1) is 0 Å². The first-order valence-electron chi connectivity index (χ1n) is 7.27. The largest absolute Gasteiger partial charge is 0.320 e. The van der Waals surface area contributed by atoms with E-state index in [0.29, 0.717) is 0 Å². The van der Waals surface area contributed by atoms with E-state index in [1.165, 1.54) is 71.0 Å². The molecular weight excluding hydrogens is 196 g/mol. The predicted molar refractivity (Wildman–Crippen MR) is 71.9 cm³/mol. The number of unbranched alkanes of at least 4 members (excludes halogenated alkanes) is 3. The zero-order chi connectivity index (χ0) is 11.6. The van der Waals surface area contributed by atoms with Crippen LogP contribution in [0.1, 0.15) is 58.3 Å².